The zero-order valence-corrected chi connectivity index (χ0v) is 12.1. The highest BCUT2D eigenvalue weighted by Crippen LogP contribution is 2.29. The van der Waals surface area contributed by atoms with E-state index in [0.717, 1.165) is 5.56 Å². The predicted octanol–water partition coefficient (Wildman–Crippen LogP) is 1.49. The Morgan fingerprint density at radius 1 is 1.29 bits per heavy atom. The van der Waals surface area contributed by atoms with Crippen LogP contribution in [0.15, 0.2) is 24.4 Å². The Morgan fingerprint density at radius 3 is 2.67 bits per heavy atom. The van der Waals surface area contributed by atoms with E-state index in [9.17, 15) is 4.39 Å². The Bertz CT molecular complexity index is 636. The number of ether oxygens (including phenoxy) is 2. The number of hydrazine groups is 1. The summed E-state index contributed by atoms with van der Waals surface area (Å²) in [5, 5.41) is 0. The third kappa shape index (κ3) is 3.09. The largest absolute Gasteiger partial charge is 0.480 e. The van der Waals surface area contributed by atoms with Gasteiger partial charge in [0.1, 0.15) is 11.5 Å². The number of benzene rings is 1. The van der Waals surface area contributed by atoms with Gasteiger partial charge in [0.25, 0.3) is 0 Å². The molecule has 1 unspecified atom stereocenters. The zero-order valence-electron chi connectivity index (χ0n) is 12.1. The van der Waals surface area contributed by atoms with Gasteiger partial charge in [-0.15, -0.1) is 0 Å². The van der Waals surface area contributed by atoms with Crippen molar-refractivity contribution < 1.29 is 13.9 Å². The first-order valence-electron chi connectivity index (χ1n) is 6.27. The number of aryl methyl sites for hydroxylation is 1. The highest BCUT2D eigenvalue weighted by atomic mass is 19.1. The van der Waals surface area contributed by atoms with Crippen LogP contribution in [0.4, 0.5) is 4.39 Å². The van der Waals surface area contributed by atoms with Crippen LogP contribution in [-0.2, 0) is 0 Å². The highest BCUT2D eigenvalue weighted by Gasteiger charge is 2.23. The second-order valence-corrected chi connectivity index (χ2v) is 4.43. The maximum atomic E-state index is 14.1. The third-order valence-electron chi connectivity index (χ3n) is 3.05. The van der Waals surface area contributed by atoms with Gasteiger partial charge in [0.05, 0.1) is 26.5 Å². The number of nitrogens with two attached hydrogens (primary N) is 1. The Morgan fingerprint density at radius 2 is 2.05 bits per heavy atom. The summed E-state index contributed by atoms with van der Waals surface area (Å²) in [7, 11) is 2.93. The molecule has 2 aromatic rings. The molecule has 6 nitrogen and oxygen atoms in total. The van der Waals surface area contributed by atoms with Crippen molar-refractivity contribution in [1.82, 2.24) is 15.4 Å². The van der Waals surface area contributed by atoms with Gasteiger partial charge in [0, 0.05) is 5.56 Å². The molecular weight excluding hydrogens is 275 g/mol. The molecule has 0 fully saturated rings. The van der Waals surface area contributed by atoms with Crippen LogP contribution >= 0.6 is 0 Å². The van der Waals surface area contributed by atoms with Gasteiger partial charge in [0.15, 0.2) is 0 Å². The number of hydrogen-bond acceptors (Lipinski definition) is 6. The number of methoxy groups -OCH3 is 2. The van der Waals surface area contributed by atoms with E-state index in [1.807, 2.05) is 6.92 Å². The Hall–Kier alpha value is -2.25. The molecule has 0 saturated heterocycles. The molecule has 1 heterocycles. The fourth-order valence-electron chi connectivity index (χ4n) is 2.01. The van der Waals surface area contributed by atoms with E-state index >= 15 is 0 Å². The molecule has 0 spiro atoms. The van der Waals surface area contributed by atoms with E-state index in [0.29, 0.717) is 17.1 Å². The van der Waals surface area contributed by atoms with E-state index in [1.54, 1.807) is 12.1 Å². The molecule has 0 aliphatic heterocycles. The Balaban J connectivity index is 2.53. The number of halogens is 1. The Kier molecular flexibility index (Phi) is 4.66. The van der Waals surface area contributed by atoms with Gasteiger partial charge in [-0.2, -0.15) is 4.98 Å². The molecular formula is C14H17FN4O2. The van der Waals surface area contributed by atoms with Crippen LogP contribution < -0.4 is 20.7 Å². The van der Waals surface area contributed by atoms with Crippen molar-refractivity contribution in [2.45, 2.75) is 13.0 Å². The SMILES string of the molecule is COc1cnc(C(NN)c2cc(C)ccc2F)c(OC)n1. The molecule has 1 aromatic heterocycles. The predicted molar refractivity (Wildman–Crippen MR) is 75.4 cm³/mol. The van der Waals surface area contributed by atoms with Crippen LogP contribution in [0.25, 0.3) is 0 Å². The standard InChI is InChI=1S/C14H17FN4O2/c1-8-4-5-10(15)9(6-8)12(19-16)13-14(21-3)18-11(20-2)7-17-13/h4-7,12,19H,16H2,1-3H3. The maximum absolute atomic E-state index is 14.1. The van der Waals surface area contributed by atoms with E-state index in [1.165, 1.54) is 26.5 Å². The van der Waals surface area contributed by atoms with Crippen molar-refractivity contribution in [2.75, 3.05) is 14.2 Å². The lowest BCUT2D eigenvalue weighted by molar-refractivity contribution is 0.352. The first-order valence-corrected chi connectivity index (χ1v) is 6.27. The average Bonchev–Trinajstić information content (AvgIpc) is 2.51. The van der Waals surface area contributed by atoms with Gasteiger partial charge in [-0.1, -0.05) is 17.7 Å². The number of aromatic nitrogens is 2. The molecule has 7 heteroatoms. The summed E-state index contributed by atoms with van der Waals surface area (Å²) in [4.78, 5) is 8.35. The van der Waals surface area contributed by atoms with Gasteiger partial charge >= 0.3 is 0 Å². The lowest BCUT2D eigenvalue weighted by Crippen LogP contribution is -2.31. The van der Waals surface area contributed by atoms with E-state index in [-0.39, 0.29) is 11.7 Å². The number of rotatable bonds is 5. The number of nitrogens with one attached hydrogen (secondary N) is 1. The van der Waals surface area contributed by atoms with Crippen LogP contribution in [0.2, 0.25) is 0 Å². The van der Waals surface area contributed by atoms with Gasteiger partial charge in [-0.3, -0.25) is 5.84 Å². The summed E-state index contributed by atoms with van der Waals surface area (Å²) in [6, 6.07) is 4.09. The second-order valence-electron chi connectivity index (χ2n) is 4.43. The van der Waals surface area contributed by atoms with Crippen molar-refractivity contribution in [3.05, 3.63) is 47.0 Å². The molecule has 21 heavy (non-hydrogen) atoms. The lowest BCUT2D eigenvalue weighted by Gasteiger charge is -2.19. The topological polar surface area (TPSA) is 82.3 Å². The van der Waals surface area contributed by atoms with Crippen molar-refractivity contribution in [2.24, 2.45) is 5.84 Å². The first kappa shape index (κ1) is 15.1. The molecule has 2 rings (SSSR count). The zero-order chi connectivity index (χ0) is 15.4. The molecule has 0 aliphatic carbocycles. The number of hydrogen-bond donors (Lipinski definition) is 2. The van der Waals surface area contributed by atoms with Crippen LogP contribution in [0.5, 0.6) is 11.8 Å². The van der Waals surface area contributed by atoms with Gasteiger partial charge in [-0.25, -0.2) is 14.8 Å². The minimum atomic E-state index is -0.682. The molecule has 0 saturated carbocycles. The third-order valence-corrected chi connectivity index (χ3v) is 3.05. The first-order chi connectivity index (χ1) is 10.1. The minimum absolute atomic E-state index is 0.221. The lowest BCUT2D eigenvalue weighted by atomic mass is 10.0. The minimum Gasteiger partial charge on any atom is -0.480 e. The normalized spacial score (nSPS) is 12.0. The molecule has 0 amide bonds. The van der Waals surface area contributed by atoms with E-state index in [4.69, 9.17) is 15.3 Å². The molecule has 0 bridgehead atoms. The van der Waals surface area contributed by atoms with Crippen molar-refractivity contribution in [3.8, 4) is 11.8 Å². The van der Waals surface area contributed by atoms with Crippen LogP contribution in [0, 0.1) is 12.7 Å². The monoisotopic (exact) mass is 292 g/mol. The highest BCUT2D eigenvalue weighted by molar-refractivity contribution is 5.36. The molecule has 0 aliphatic rings. The van der Waals surface area contributed by atoms with Gasteiger partial charge in [0.2, 0.25) is 11.8 Å². The van der Waals surface area contributed by atoms with E-state index in [2.05, 4.69) is 15.4 Å². The van der Waals surface area contributed by atoms with Crippen LogP contribution in [0.1, 0.15) is 22.9 Å². The van der Waals surface area contributed by atoms with Crippen molar-refractivity contribution in [3.63, 3.8) is 0 Å². The van der Waals surface area contributed by atoms with Crippen molar-refractivity contribution >= 4 is 0 Å². The average molecular weight is 292 g/mol. The van der Waals surface area contributed by atoms with Gasteiger partial charge in [-0.05, 0) is 13.0 Å². The van der Waals surface area contributed by atoms with Gasteiger partial charge < -0.3 is 9.47 Å². The Labute approximate surface area is 122 Å². The fourth-order valence-corrected chi connectivity index (χ4v) is 2.01. The van der Waals surface area contributed by atoms with Crippen molar-refractivity contribution in [1.29, 1.82) is 0 Å². The summed E-state index contributed by atoms with van der Waals surface area (Å²) < 4.78 is 24.2. The second kappa shape index (κ2) is 6.47. The molecule has 1 aromatic carbocycles. The molecule has 3 N–H and O–H groups in total. The summed E-state index contributed by atoms with van der Waals surface area (Å²) in [6.07, 6.45) is 1.43. The summed E-state index contributed by atoms with van der Waals surface area (Å²) in [5.41, 5.74) is 4.21. The summed E-state index contributed by atoms with van der Waals surface area (Å²) >= 11 is 0. The smallest absolute Gasteiger partial charge is 0.240 e. The number of nitrogens with zero attached hydrogens (tertiary/aromatic N) is 2. The van der Waals surface area contributed by atoms with Crippen LogP contribution in [-0.4, -0.2) is 24.2 Å². The molecule has 0 radical (unpaired) electrons. The maximum Gasteiger partial charge on any atom is 0.240 e. The quantitative estimate of drug-likeness (QED) is 0.642. The molecule has 1 atom stereocenters. The fraction of sp³-hybridized carbons (Fsp3) is 0.286. The van der Waals surface area contributed by atoms with E-state index < -0.39 is 6.04 Å². The summed E-state index contributed by atoms with van der Waals surface area (Å²) in [5.74, 6) is 5.72. The summed E-state index contributed by atoms with van der Waals surface area (Å²) in [6.45, 7) is 1.87. The molecule has 112 valence electrons. The van der Waals surface area contributed by atoms with Crippen LogP contribution in [0.3, 0.4) is 0 Å².